The molecular formula is C10H18N2OS. The molecule has 1 heterocycles. The number of hydrogen-bond donors (Lipinski definition) is 2. The molecule has 0 unspecified atom stereocenters. The molecule has 80 valence electrons. The summed E-state index contributed by atoms with van der Waals surface area (Å²) >= 11 is 1.72. The van der Waals surface area contributed by atoms with Crippen molar-refractivity contribution in [2.75, 3.05) is 13.2 Å². The summed E-state index contributed by atoms with van der Waals surface area (Å²) in [7, 11) is 0. The molecule has 1 aromatic heterocycles. The Morgan fingerprint density at radius 2 is 2.36 bits per heavy atom. The van der Waals surface area contributed by atoms with Crippen molar-refractivity contribution in [3.8, 4) is 0 Å². The molecule has 14 heavy (non-hydrogen) atoms. The van der Waals surface area contributed by atoms with Crippen LogP contribution in [-0.4, -0.2) is 23.2 Å². The largest absolute Gasteiger partial charge is 0.396 e. The van der Waals surface area contributed by atoms with Crippen molar-refractivity contribution in [3.63, 3.8) is 0 Å². The SMILES string of the molecule is CC(C)c1nc(CNCCCO)cs1. The fraction of sp³-hybridized carbons (Fsp3) is 0.700. The molecule has 3 nitrogen and oxygen atoms in total. The number of nitrogens with zero attached hydrogens (tertiary/aromatic N) is 1. The molecule has 0 spiro atoms. The highest BCUT2D eigenvalue weighted by Crippen LogP contribution is 2.18. The molecule has 0 fully saturated rings. The maximum absolute atomic E-state index is 8.59. The fourth-order valence-corrected chi connectivity index (χ4v) is 1.92. The first-order valence-corrected chi connectivity index (χ1v) is 5.88. The van der Waals surface area contributed by atoms with Gasteiger partial charge in [0.15, 0.2) is 0 Å². The van der Waals surface area contributed by atoms with E-state index in [9.17, 15) is 0 Å². The first-order chi connectivity index (χ1) is 6.74. The van der Waals surface area contributed by atoms with Crippen LogP contribution in [-0.2, 0) is 6.54 Å². The van der Waals surface area contributed by atoms with Gasteiger partial charge in [0.25, 0.3) is 0 Å². The highest BCUT2D eigenvalue weighted by Gasteiger charge is 2.04. The maximum Gasteiger partial charge on any atom is 0.0954 e. The first-order valence-electron chi connectivity index (χ1n) is 5.00. The van der Waals surface area contributed by atoms with Crippen LogP contribution in [0.15, 0.2) is 5.38 Å². The molecule has 0 bridgehead atoms. The number of aliphatic hydroxyl groups excluding tert-OH is 1. The lowest BCUT2D eigenvalue weighted by Gasteiger charge is -2.00. The van der Waals surface area contributed by atoms with Crippen LogP contribution in [0, 0.1) is 0 Å². The van der Waals surface area contributed by atoms with Crippen molar-refractivity contribution < 1.29 is 5.11 Å². The van der Waals surface area contributed by atoms with Gasteiger partial charge in [-0.1, -0.05) is 13.8 Å². The van der Waals surface area contributed by atoms with Crippen molar-refractivity contribution in [1.29, 1.82) is 0 Å². The number of nitrogens with one attached hydrogen (secondary N) is 1. The topological polar surface area (TPSA) is 45.2 Å². The van der Waals surface area contributed by atoms with Crippen molar-refractivity contribution in [2.45, 2.75) is 32.7 Å². The van der Waals surface area contributed by atoms with Gasteiger partial charge in [0.05, 0.1) is 10.7 Å². The second-order valence-electron chi connectivity index (χ2n) is 3.59. The lowest BCUT2D eigenvalue weighted by Crippen LogP contribution is -2.15. The molecule has 0 radical (unpaired) electrons. The number of aromatic nitrogens is 1. The Bertz CT molecular complexity index is 260. The van der Waals surface area contributed by atoms with E-state index in [2.05, 4.69) is 29.5 Å². The van der Waals surface area contributed by atoms with Crippen LogP contribution in [0.3, 0.4) is 0 Å². The lowest BCUT2D eigenvalue weighted by atomic mass is 10.2. The van der Waals surface area contributed by atoms with Gasteiger partial charge >= 0.3 is 0 Å². The maximum atomic E-state index is 8.59. The van der Waals surface area contributed by atoms with E-state index in [-0.39, 0.29) is 6.61 Å². The van der Waals surface area contributed by atoms with Gasteiger partial charge in [0, 0.05) is 24.4 Å². The summed E-state index contributed by atoms with van der Waals surface area (Å²) in [6, 6.07) is 0. The second-order valence-corrected chi connectivity index (χ2v) is 4.48. The number of aliphatic hydroxyl groups is 1. The standard InChI is InChI=1S/C10H18N2OS/c1-8(2)10-12-9(7-14-10)6-11-4-3-5-13/h7-8,11,13H,3-6H2,1-2H3. The minimum atomic E-state index is 0.251. The van der Waals surface area contributed by atoms with Crippen LogP contribution in [0.4, 0.5) is 0 Å². The normalized spacial score (nSPS) is 11.1. The predicted octanol–water partition coefficient (Wildman–Crippen LogP) is 1.74. The third-order valence-corrected chi connectivity index (χ3v) is 3.08. The Kier molecular flexibility index (Phi) is 5.07. The van der Waals surface area contributed by atoms with Crippen molar-refractivity contribution in [3.05, 3.63) is 16.1 Å². The summed E-state index contributed by atoms with van der Waals surface area (Å²) in [5, 5.41) is 15.1. The highest BCUT2D eigenvalue weighted by atomic mass is 32.1. The summed E-state index contributed by atoms with van der Waals surface area (Å²) in [5.41, 5.74) is 1.11. The van der Waals surface area contributed by atoms with Crippen LogP contribution in [0.5, 0.6) is 0 Å². The number of thiazole rings is 1. The van der Waals surface area contributed by atoms with Gasteiger partial charge in [0.2, 0.25) is 0 Å². The van der Waals surface area contributed by atoms with E-state index >= 15 is 0 Å². The van der Waals surface area contributed by atoms with E-state index in [4.69, 9.17) is 5.11 Å². The van der Waals surface area contributed by atoms with Gasteiger partial charge in [0.1, 0.15) is 0 Å². The molecule has 2 N–H and O–H groups in total. The zero-order chi connectivity index (χ0) is 10.4. The quantitative estimate of drug-likeness (QED) is 0.709. The number of hydrogen-bond acceptors (Lipinski definition) is 4. The minimum Gasteiger partial charge on any atom is -0.396 e. The molecule has 0 aromatic carbocycles. The number of rotatable bonds is 6. The summed E-state index contributed by atoms with van der Waals surface area (Å²) in [5.74, 6) is 0.520. The van der Waals surface area contributed by atoms with Gasteiger partial charge in [-0.3, -0.25) is 0 Å². The van der Waals surface area contributed by atoms with Gasteiger partial charge < -0.3 is 10.4 Å². The summed E-state index contributed by atoms with van der Waals surface area (Å²) in [4.78, 5) is 4.50. The molecule has 1 rings (SSSR count). The third kappa shape index (κ3) is 3.74. The van der Waals surface area contributed by atoms with Gasteiger partial charge in [-0.2, -0.15) is 0 Å². The highest BCUT2D eigenvalue weighted by molar-refractivity contribution is 7.09. The molecule has 0 amide bonds. The van der Waals surface area contributed by atoms with E-state index in [1.165, 1.54) is 5.01 Å². The average Bonchev–Trinajstić information content (AvgIpc) is 2.61. The van der Waals surface area contributed by atoms with Crippen LogP contribution in [0.2, 0.25) is 0 Å². The van der Waals surface area contributed by atoms with Crippen LogP contribution in [0.25, 0.3) is 0 Å². The summed E-state index contributed by atoms with van der Waals surface area (Å²) < 4.78 is 0. The molecule has 1 aromatic rings. The monoisotopic (exact) mass is 214 g/mol. The Hall–Kier alpha value is -0.450. The molecule has 0 atom stereocenters. The summed E-state index contributed by atoms with van der Waals surface area (Å²) in [6.07, 6.45) is 0.807. The van der Waals surface area contributed by atoms with Gasteiger partial charge in [-0.15, -0.1) is 11.3 Å². The third-order valence-electron chi connectivity index (χ3n) is 1.88. The van der Waals surface area contributed by atoms with E-state index < -0.39 is 0 Å². The van der Waals surface area contributed by atoms with Crippen LogP contribution < -0.4 is 5.32 Å². The molecule has 0 aliphatic rings. The predicted molar refractivity (Wildman–Crippen MR) is 59.6 cm³/mol. The van der Waals surface area contributed by atoms with Crippen LogP contribution in [0.1, 0.15) is 36.9 Å². The molecule has 4 heteroatoms. The molecule has 0 aliphatic heterocycles. The molecule has 0 saturated carbocycles. The van der Waals surface area contributed by atoms with Crippen molar-refractivity contribution >= 4 is 11.3 Å². The Labute approximate surface area is 89.2 Å². The van der Waals surface area contributed by atoms with Gasteiger partial charge in [-0.05, 0) is 13.0 Å². The van der Waals surface area contributed by atoms with E-state index in [1.54, 1.807) is 11.3 Å². The Morgan fingerprint density at radius 3 is 2.93 bits per heavy atom. The van der Waals surface area contributed by atoms with E-state index in [0.29, 0.717) is 5.92 Å². The van der Waals surface area contributed by atoms with Crippen molar-refractivity contribution in [1.82, 2.24) is 10.3 Å². The first kappa shape index (κ1) is 11.6. The van der Waals surface area contributed by atoms with E-state index in [1.807, 2.05) is 0 Å². The second kappa shape index (κ2) is 6.11. The molecule has 0 saturated heterocycles. The van der Waals surface area contributed by atoms with Crippen LogP contribution >= 0.6 is 11.3 Å². The van der Waals surface area contributed by atoms with Gasteiger partial charge in [-0.25, -0.2) is 4.98 Å². The smallest absolute Gasteiger partial charge is 0.0954 e. The van der Waals surface area contributed by atoms with Crippen molar-refractivity contribution in [2.24, 2.45) is 0 Å². The zero-order valence-electron chi connectivity index (χ0n) is 8.79. The average molecular weight is 214 g/mol. The minimum absolute atomic E-state index is 0.251. The lowest BCUT2D eigenvalue weighted by molar-refractivity contribution is 0.286. The zero-order valence-corrected chi connectivity index (χ0v) is 9.60. The molecular weight excluding hydrogens is 196 g/mol. The Morgan fingerprint density at radius 1 is 1.57 bits per heavy atom. The van der Waals surface area contributed by atoms with E-state index in [0.717, 1.165) is 25.2 Å². The Balaban J connectivity index is 2.29. The fourth-order valence-electron chi connectivity index (χ4n) is 1.09. The molecule has 0 aliphatic carbocycles. The summed E-state index contributed by atoms with van der Waals surface area (Å²) in [6.45, 7) is 6.22.